The minimum Gasteiger partial charge on any atom is -0.359 e. The van der Waals surface area contributed by atoms with Crippen molar-refractivity contribution in [3.05, 3.63) is 36.4 Å². The predicted octanol–water partition coefficient (Wildman–Crippen LogP) is 2.92. The Morgan fingerprint density at radius 2 is 2.32 bits per heavy atom. The van der Waals surface area contributed by atoms with Crippen molar-refractivity contribution in [2.24, 2.45) is 5.92 Å². The molecule has 0 spiro atoms. The number of hydrogen-bond acceptors (Lipinski definition) is 4. The zero-order valence-electron chi connectivity index (χ0n) is 13.2. The van der Waals surface area contributed by atoms with Gasteiger partial charge in [0.25, 0.3) is 0 Å². The molecule has 0 radical (unpaired) electrons. The molecule has 0 saturated heterocycles. The third-order valence-electron chi connectivity index (χ3n) is 3.55. The van der Waals surface area contributed by atoms with E-state index in [1.54, 1.807) is 24.3 Å². The minimum atomic E-state index is -0.111. The summed E-state index contributed by atoms with van der Waals surface area (Å²) in [6.07, 6.45) is 4.48. The maximum absolute atomic E-state index is 12.0. The van der Waals surface area contributed by atoms with Crippen LogP contribution in [0, 0.1) is 5.92 Å². The number of nitrogens with zero attached hydrogens (tertiary/aromatic N) is 3. The molecular weight excluding hydrogens is 280 g/mol. The average molecular weight is 302 g/mol. The number of aromatic nitrogens is 2. The molecule has 118 valence electrons. The molecule has 22 heavy (non-hydrogen) atoms. The standard InChI is InChI=1S/C16H22N4O2/c1-4-12(2)9-18-16(21)20(3)11-14-8-15(19-22-14)13-6-5-7-17-10-13/h5-8,10,12H,4,9,11H2,1-3H3,(H,18,21)/t12-/m0/s1. The lowest BCUT2D eigenvalue weighted by molar-refractivity contribution is 0.199. The van der Waals surface area contributed by atoms with E-state index in [2.05, 4.69) is 29.3 Å². The van der Waals surface area contributed by atoms with Gasteiger partial charge in [0.15, 0.2) is 5.76 Å². The van der Waals surface area contributed by atoms with Crippen molar-refractivity contribution in [2.75, 3.05) is 13.6 Å². The van der Waals surface area contributed by atoms with Crippen LogP contribution in [0.5, 0.6) is 0 Å². The van der Waals surface area contributed by atoms with Gasteiger partial charge in [0.2, 0.25) is 0 Å². The van der Waals surface area contributed by atoms with Crippen molar-refractivity contribution in [1.29, 1.82) is 0 Å². The lowest BCUT2D eigenvalue weighted by Gasteiger charge is -2.18. The maximum atomic E-state index is 12.0. The summed E-state index contributed by atoms with van der Waals surface area (Å²) in [6, 6.07) is 5.48. The zero-order chi connectivity index (χ0) is 15.9. The summed E-state index contributed by atoms with van der Waals surface area (Å²) >= 11 is 0. The summed E-state index contributed by atoms with van der Waals surface area (Å²) in [7, 11) is 1.73. The first-order chi connectivity index (χ1) is 10.6. The number of carbonyl (C=O) groups is 1. The molecule has 0 fully saturated rings. The first-order valence-corrected chi connectivity index (χ1v) is 7.45. The summed E-state index contributed by atoms with van der Waals surface area (Å²) < 4.78 is 5.29. The van der Waals surface area contributed by atoms with E-state index in [4.69, 9.17) is 4.52 Å². The van der Waals surface area contributed by atoms with Gasteiger partial charge in [0.05, 0.1) is 6.54 Å². The second-order valence-electron chi connectivity index (χ2n) is 5.48. The molecule has 0 aliphatic heterocycles. The quantitative estimate of drug-likeness (QED) is 0.890. The first kappa shape index (κ1) is 16.0. The van der Waals surface area contributed by atoms with Gasteiger partial charge in [-0.2, -0.15) is 0 Å². The highest BCUT2D eigenvalue weighted by Crippen LogP contribution is 2.18. The Balaban J connectivity index is 1.91. The number of urea groups is 1. The fraction of sp³-hybridized carbons (Fsp3) is 0.438. The van der Waals surface area contributed by atoms with E-state index < -0.39 is 0 Å². The van der Waals surface area contributed by atoms with Gasteiger partial charge in [0, 0.05) is 37.6 Å². The van der Waals surface area contributed by atoms with Gasteiger partial charge >= 0.3 is 6.03 Å². The summed E-state index contributed by atoms with van der Waals surface area (Å²) in [5, 5.41) is 6.92. The average Bonchev–Trinajstić information content (AvgIpc) is 3.01. The Morgan fingerprint density at radius 3 is 3.00 bits per heavy atom. The van der Waals surface area contributed by atoms with Gasteiger partial charge in [-0.25, -0.2) is 4.79 Å². The van der Waals surface area contributed by atoms with Crippen LogP contribution < -0.4 is 5.32 Å². The van der Waals surface area contributed by atoms with Crippen molar-refractivity contribution >= 4 is 6.03 Å². The molecule has 0 unspecified atom stereocenters. The molecule has 0 aliphatic rings. The molecule has 1 N–H and O–H groups in total. The molecule has 2 aromatic rings. The predicted molar refractivity (Wildman–Crippen MR) is 84.1 cm³/mol. The van der Waals surface area contributed by atoms with Gasteiger partial charge in [-0.1, -0.05) is 25.4 Å². The van der Waals surface area contributed by atoms with Crippen molar-refractivity contribution in [3.63, 3.8) is 0 Å². The van der Waals surface area contributed by atoms with E-state index in [1.807, 2.05) is 18.2 Å². The molecule has 0 aromatic carbocycles. The van der Waals surface area contributed by atoms with Crippen molar-refractivity contribution in [3.8, 4) is 11.3 Å². The molecule has 0 bridgehead atoms. The summed E-state index contributed by atoms with van der Waals surface area (Å²) in [5.41, 5.74) is 1.61. The zero-order valence-corrected chi connectivity index (χ0v) is 13.2. The molecule has 2 amide bonds. The minimum absolute atomic E-state index is 0.111. The van der Waals surface area contributed by atoms with Gasteiger partial charge in [-0.3, -0.25) is 4.98 Å². The van der Waals surface area contributed by atoms with E-state index >= 15 is 0 Å². The van der Waals surface area contributed by atoms with Gasteiger partial charge in [-0.15, -0.1) is 0 Å². The second kappa shape index (κ2) is 7.59. The van der Waals surface area contributed by atoms with Gasteiger partial charge in [-0.05, 0) is 18.1 Å². The first-order valence-electron chi connectivity index (χ1n) is 7.45. The van der Waals surface area contributed by atoms with Crippen LogP contribution in [0.25, 0.3) is 11.3 Å². The summed E-state index contributed by atoms with van der Waals surface area (Å²) in [4.78, 5) is 17.6. The molecule has 6 nitrogen and oxygen atoms in total. The number of pyridine rings is 1. The molecule has 6 heteroatoms. The highest BCUT2D eigenvalue weighted by molar-refractivity contribution is 5.73. The number of carbonyl (C=O) groups excluding carboxylic acids is 1. The van der Waals surface area contributed by atoms with Crippen LogP contribution in [0.4, 0.5) is 4.79 Å². The van der Waals surface area contributed by atoms with E-state index in [0.29, 0.717) is 24.8 Å². The normalized spacial score (nSPS) is 12.0. The van der Waals surface area contributed by atoms with Crippen LogP contribution in [0.2, 0.25) is 0 Å². The lowest BCUT2D eigenvalue weighted by Crippen LogP contribution is -2.38. The molecule has 2 heterocycles. The van der Waals surface area contributed by atoms with E-state index in [9.17, 15) is 4.79 Å². The Labute approximate surface area is 130 Å². The highest BCUT2D eigenvalue weighted by atomic mass is 16.5. The molecule has 0 aliphatic carbocycles. The number of hydrogen-bond donors (Lipinski definition) is 1. The fourth-order valence-electron chi connectivity index (χ4n) is 1.88. The van der Waals surface area contributed by atoms with Crippen LogP contribution in [-0.2, 0) is 6.54 Å². The molecule has 2 aromatic heterocycles. The Morgan fingerprint density at radius 1 is 1.50 bits per heavy atom. The van der Waals surface area contributed by atoms with Crippen LogP contribution in [0.15, 0.2) is 35.1 Å². The number of amides is 2. The summed E-state index contributed by atoms with van der Waals surface area (Å²) in [6.45, 7) is 5.27. The topological polar surface area (TPSA) is 71.3 Å². The highest BCUT2D eigenvalue weighted by Gasteiger charge is 2.13. The van der Waals surface area contributed by atoms with Gasteiger partial charge < -0.3 is 14.7 Å². The molecule has 0 saturated carbocycles. The Hall–Kier alpha value is -2.37. The number of nitrogens with one attached hydrogen (secondary N) is 1. The van der Waals surface area contributed by atoms with Crippen LogP contribution >= 0.6 is 0 Å². The smallest absolute Gasteiger partial charge is 0.317 e. The molecule has 2 rings (SSSR count). The second-order valence-corrected chi connectivity index (χ2v) is 5.48. The lowest BCUT2D eigenvalue weighted by atomic mass is 10.1. The Bertz CT molecular complexity index is 597. The fourth-order valence-corrected chi connectivity index (χ4v) is 1.88. The van der Waals surface area contributed by atoms with Crippen LogP contribution in [0.1, 0.15) is 26.0 Å². The largest absolute Gasteiger partial charge is 0.359 e. The third kappa shape index (κ3) is 4.31. The van der Waals surface area contributed by atoms with E-state index in [-0.39, 0.29) is 6.03 Å². The van der Waals surface area contributed by atoms with E-state index in [1.165, 1.54) is 0 Å². The molecular formula is C16H22N4O2. The van der Waals surface area contributed by atoms with Crippen LogP contribution in [-0.4, -0.2) is 34.7 Å². The Kier molecular flexibility index (Phi) is 5.52. The van der Waals surface area contributed by atoms with Crippen molar-refractivity contribution in [2.45, 2.75) is 26.8 Å². The van der Waals surface area contributed by atoms with E-state index in [0.717, 1.165) is 17.7 Å². The summed E-state index contributed by atoms with van der Waals surface area (Å²) in [5.74, 6) is 1.11. The maximum Gasteiger partial charge on any atom is 0.317 e. The third-order valence-corrected chi connectivity index (χ3v) is 3.55. The monoisotopic (exact) mass is 302 g/mol. The van der Waals surface area contributed by atoms with Gasteiger partial charge in [0.1, 0.15) is 5.69 Å². The SMILES string of the molecule is CC[C@H](C)CNC(=O)N(C)Cc1cc(-c2cccnc2)no1. The van der Waals surface area contributed by atoms with Crippen molar-refractivity contribution in [1.82, 2.24) is 20.4 Å². The molecule has 1 atom stereocenters. The number of rotatable bonds is 6. The van der Waals surface area contributed by atoms with Crippen LogP contribution in [0.3, 0.4) is 0 Å². The van der Waals surface area contributed by atoms with Crippen molar-refractivity contribution < 1.29 is 9.32 Å².